The van der Waals surface area contributed by atoms with E-state index in [0.717, 1.165) is 51.6 Å². The van der Waals surface area contributed by atoms with Gasteiger partial charge in [-0.25, -0.2) is 19.4 Å². The number of nitrogens with zero attached hydrogens (tertiary/aromatic N) is 5. The Morgan fingerprint density at radius 2 is 1.38 bits per heavy atom. The minimum absolute atomic E-state index is 0.103. The monoisotopic (exact) mass is 705 g/mol. The van der Waals surface area contributed by atoms with Crippen molar-refractivity contribution in [1.82, 2.24) is 14.9 Å². The SMILES string of the molecule is N#Cc1cccc(N2CCOCC3(CCCN(Cc4ccncc4)C3)C2)n1.O=C(O)C(F)(F)F.O=C(O)C(F)(F)F.O=C(O)C(F)(F)F. The fraction of sp³-hybridized carbons (Fsp3) is 0.481. The molecule has 4 heterocycles. The van der Waals surface area contributed by atoms with Crippen LogP contribution in [0.1, 0.15) is 24.1 Å². The minimum Gasteiger partial charge on any atom is -0.475 e. The summed E-state index contributed by atoms with van der Waals surface area (Å²) in [5.74, 6) is -7.39. The van der Waals surface area contributed by atoms with E-state index in [4.69, 9.17) is 39.7 Å². The molecule has 2 aliphatic heterocycles. The highest BCUT2D eigenvalue weighted by molar-refractivity contribution is 5.73. The van der Waals surface area contributed by atoms with Gasteiger partial charge in [0.15, 0.2) is 0 Å². The molecule has 1 atom stereocenters. The lowest BCUT2D eigenvalue weighted by molar-refractivity contribution is -0.193. The van der Waals surface area contributed by atoms with Crippen molar-refractivity contribution in [3.05, 3.63) is 54.0 Å². The molecular formula is C27H28F9N5O7. The Balaban J connectivity index is 0.000000448. The molecule has 3 N–H and O–H groups in total. The van der Waals surface area contributed by atoms with Crippen LogP contribution in [0.25, 0.3) is 0 Å². The van der Waals surface area contributed by atoms with Crippen molar-refractivity contribution in [2.24, 2.45) is 5.41 Å². The quantitative estimate of drug-likeness (QED) is 0.385. The van der Waals surface area contributed by atoms with E-state index < -0.39 is 36.4 Å². The van der Waals surface area contributed by atoms with Crippen LogP contribution in [0.3, 0.4) is 0 Å². The van der Waals surface area contributed by atoms with Gasteiger partial charge in [0, 0.05) is 44.0 Å². The third-order valence-corrected chi connectivity index (χ3v) is 6.24. The van der Waals surface area contributed by atoms with E-state index in [-0.39, 0.29) is 5.41 Å². The number of hydrogen-bond acceptors (Lipinski definition) is 9. The van der Waals surface area contributed by atoms with Crippen LogP contribution in [-0.2, 0) is 25.7 Å². The smallest absolute Gasteiger partial charge is 0.475 e. The molecule has 0 radical (unpaired) electrons. The Bertz CT molecular complexity index is 1330. The molecule has 2 saturated heterocycles. The largest absolute Gasteiger partial charge is 0.490 e. The van der Waals surface area contributed by atoms with Gasteiger partial charge in [-0.05, 0) is 49.2 Å². The Kier molecular flexibility index (Phi) is 15.5. The number of aromatic nitrogens is 2. The van der Waals surface area contributed by atoms with E-state index in [2.05, 4.69) is 38.0 Å². The summed E-state index contributed by atoms with van der Waals surface area (Å²) in [6.07, 6.45) is -9.19. The molecule has 12 nitrogen and oxygen atoms in total. The summed E-state index contributed by atoms with van der Waals surface area (Å²) in [4.78, 5) is 40.1. The molecule has 266 valence electrons. The van der Waals surface area contributed by atoms with Gasteiger partial charge in [0.05, 0.1) is 13.2 Å². The number of aliphatic carboxylic acids is 3. The molecule has 0 bridgehead atoms. The first-order valence-electron chi connectivity index (χ1n) is 13.3. The highest BCUT2D eigenvalue weighted by atomic mass is 19.4. The second-order valence-corrected chi connectivity index (χ2v) is 10.0. The van der Waals surface area contributed by atoms with Crippen LogP contribution in [0.5, 0.6) is 0 Å². The van der Waals surface area contributed by atoms with Gasteiger partial charge in [0.25, 0.3) is 0 Å². The summed E-state index contributed by atoms with van der Waals surface area (Å²) >= 11 is 0. The second-order valence-electron chi connectivity index (χ2n) is 10.0. The average molecular weight is 706 g/mol. The zero-order valence-electron chi connectivity index (χ0n) is 24.5. The van der Waals surface area contributed by atoms with Crippen molar-refractivity contribution in [2.45, 2.75) is 37.9 Å². The number of anilines is 1. The van der Waals surface area contributed by atoms with E-state index >= 15 is 0 Å². The zero-order valence-corrected chi connectivity index (χ0v) is 24.5. The molecule has 1 spiro atoms. The number of halogens is 9. The first kappa shape index (κ1) is 41.3. The van der Waals surface area contributed by atoms with Crippen molar-refractivity contribution in [3.8, 4) is 6.07 Å². The topological polar surface area (TPSA) is 177 Å². The zero-order chi connectivity index (χ0) is 36.8. The molecular weight excluding hydrogens is 677 g/mol. The van der Waals surface area contributed by atoms with Gasteiger partial charge in [-0.3, -0.25) is 9.88 Å². The van der Waals surface area contributed by atoms with Gasteiger partial charge < -0.3 is 25.0 Å². The second kappa shape index (κ2) is 18.0. The van der Waals surface area contributed by atoms with Crippen LogP contribution < -0.4 is 4.90 Å². The van der Waals surface area contributed by atoms with Crippen LogP contribution in [0, 0.1) is 16.7 Å². The Morgan fingerprint density at radius 1 is 0.854 bits per heavy atom. The molecule has 0 aromatic carbocycles. The van der Waals surface area contributed by atoms with Crippen LogP contribution in [0.2, 0.25) is 0 Å². The lowest BCUT2D eigenvalue weighted by Crippen LogP contribution is -2.50. The lowest BCUT2D eigenvalue weighted by atomic mass is 9.80. The number of pyridine rings is 2. The average Bonchev–Trinajstić information content (AvgIpc) is 3.19. The van der Waals surface area contributed by atoms with Gasteiger partial charge in [-0.2, -0.15) is 44.8 Å². The molecule has 2 aliphatic rings. The first-order valence-corrected chi connectivity index (χ1v) is 13.3. The van der Waals surface area contributed by atoms with Crippen molar-refractivity contribution in [2.75, 3.05) is 44.3 Å². The van der Waals surface area contributed by atoms with Gasteiger partial charge in [-0.15, -0.1) is 0 Å². The van der Waals surface area contributed by atoms with Crippen molar-refractivity contribution >= 4 is 23.7 Å². The summed E-state index contributed by atoms with van der Waals surface area (Å²) in [5.41, 5.74) is 1.87. The number of rotatable bonds is 3. The summed E-state index contributed by atoms with van der Waals surface area (Å²) in [5, 5.41) is 30.5. The Morgan fingerprint density at radius 3 is 1.85 bits per heavy atom. The van der Waals surface area contributed by atoms with Crippen LogP contribution in [0.4, 0.5) is 45.3 Å². The number of ether oxygens (including phenoxy) is 1. The van der Waals surface area contributed by atoms with Gasteiger partial charge >= 0.3 is 36.4 Å². The third kappa shape index (κ3) is 15.3. The number of piperidine rings is 1. The van der Waals surface area contributed by atoms with Crippen molar-refractivity contribution < 1.29 is 74.0 Å². The fourth-order valence-corrected chi connectivity index (χ4v) is 4.29. The van der Waals surface area contributed by atoms with E-state index in [1.807, 2.05) is 24.5 Å². The number of likely N-dealkylation sites (tertiary alicyclic amines) is 1. The van der Waals surface area contributed by atoms with Crippen LogP contribution in [-0.4, -0.2) is 106 Å². The van der Waals surface area contributed by atoms with Crippen molar-refractivity contribution in [1.29, 1.82) is 5.26 Å². The van der Waals surface area contributed by atoms with Crippen LogP contribution >= 0.6 is 0 Å². The highest BCUT2D eigenvalue weighted by Crippen LogP contribution is 2.35. The predicted octanol–water partition coefficient (Wildman–Crippen LogP) is 4.37. The molecule has 2 aromatic heterocycles. The standard InChI is InChI=1S/C21H25N5O.3C2HF3O2/c22-13-19-3-1-4-20(24-19)26-11-12-27-17-21(16-26)7-2-10-25(15-21)14-18-5-8-23-9-6-18;3*3-2(4,5)1(6)7/h1,3-6,8-9H,2,7,10-12,14-17H2;3*(H,6,7). The van der Waals surface area contributed by atoms with E-state index in [0.29, 0.717) is 12.3 Å². The molecule has 4 rings (SSSR count). The van der Waals surface area contributed by atoms with Crippen LogP contribution in [0.15, 0.2) is 42.7 Å². The summed E-state index contributed by atoms with van der Waals surface area (Å²) in [6.45, 7) is 6.30. The maximum Gasteiger partial charge on any atom is 0.490 e. The molecule has 48 heavy (non-hydrogen) atoms. The van der Waals surface area contributed by atoms with Crippen molar-refractivity contribution in [3.63, 3.8) is 0 Å². The number of alkyl halides is 9. The molecule has 1 unspecified atom stereocenters. The normalized spacial score (nSPS) is 18.3. The number of carbonyl (C=O) groups is 3. The Labute approximate surface area is 266 Å². The third-order valence-electron chi connectivity index (χ3n) is 6.24. The summed E-state index contributed by atoms with van der Waals surface area (Å²) < 4.78 is 101. The number of nitriles is 1. The predicted molar refractivity (Wildman–Crippen MR) is 144 cm³/mol. The van der Waals surface area contributed by atoms with Gasteiger partial charge in [-0.1, -0.05) is 6.07 Å². The minimum atomic E-state index is -5.08. The summed E-state index contributed by atoms with van der Waals surface area (Å²) in [6, 6.07) is 12.0. The van der Waals surface area contributed by atoms with Gasteiger partial charge in [0.1, 0.15) is 17.6 Å². The molecule has 2 aromatic rings. The first-order chi connectivity index (χ1) is 22.1. The highest BCUT2D eigenvalue weighted by Gasteiger charge is 2.40. The van der Waals surface area contributed by atoms with E-state index in [1.165, 1.54) is 12.0 Å². The fourth-order valence-electron chi connectivity index (χ4n) is 4.29. The number of carboxylic acids is 3. The van der Waals surface area contributed by atoms with Gasteiger partial charge in [0.2, 0.25) is 0 Å². The molecule has 21 heteroatoms. The maximum atomic E-state index is 10.6. The molecule has 0 saturated carbocycles. The summed E-state index contributed by atoms with van der Waals surface area (Å²) in [7, 11) is 0. The molecule has 0 aliphatic carbocycles. The lowest BCUT2D eigenvalue weighted by Gasteiger charge is -2.43. The number of carboxylic acid groups (broad SMARTS) is 3. The van der Waals surface area contributed by atoms with E-state index in [1.54, 1.807) is 6.07 Å². The van der Waals surface area contributed by atoms with E-state index in [9.17, 15) is 39.5 Å². The molecule has 2 fully saturated rings. The maximum absolute atomic E-state index is 10.6. The Hall–Kier alpha value is -4.71. The number of hydrogen-bond donors (Lipinski definition) is 3. The molecule has 0 amide bonds.